The lowest BCUT2D eigenvalue weighted by molar-refractivity contribution is -0.141. The van der Waals surface area contributed by atoms with Crippen LogP contribution in [-0.4, -0.2) is 55.6 Å². The molecule has 4 rings (SSSR count). The number of nitrogens with one attached hydrogen (secondary N) is 3. The third kappa shape index (κ3) is 5.15. The van der Waals surface area contributed by atoms with E-state index in [-0.39, 0.29) is 36.8 Å². The number of hydrogen-bond donors (Lipinski definition) is 3. The first-order valence-electron chi connectivity index (χ1n) is 11.5. The summed E-state index contributed by atoms with van der Waals surface area (Å²) in [5.74, 6) is -0.811. The van der Waals surface area contributed by atoms with E-state index in [4.69, 9.17) is 11.6 Å². The summed E-state index contributed by atoms with van der Waals surface area (Å²) in [5, 5.41) is 14.0. The number of halogens is 4. The maximum Gasteiger partial charge on any atom is 0.435 e. The van der Waals surface area contributed by atoms with Gasteiger partial charge in [0.15, 0.2) is 11.5 Å². The number of aromatic nitrogens is 4. The largest absolute Gasteiger partial charge is 0.435 e. The molecule has 0 unspecified atom stereocenters. The van der Waals surface area contributed by atoms with Crippen molar-refractivity contribution in [1.29, 1.82) is 0 Å². The smallest absolute Gasteiger partial charge is 0.361 e. The Kier molecular flexibility index (Phi) is 6.74. The molecule has 0 spiro atoms. The highest BCUT2D eigenvalue weighted by molar-refractivity contribution is 6.32. The molecule has 0 aliphatic carbocycles. The zero-order chi connectivity index (χ0) is 27.3. The van der Waals surface area contributed by atoms with E-state index in [1.165, 1.54) is 11.9 Å². The molecule has 3 heterocycles. The van der Waals surface area contributed by atoms with Crippen LogP contribution < -0.4 is 10.6 Å². The molecule has 1 saturated heterocycles. The average molecular weight is 538 g/mol. The van der Waals surface area contributed by atoms with Crippen LogP contribution in [0.25, 0.3) is 10.9 Å². The molecule has 0 radical (unpaired) electrons. The van der Waals surface area contributed by atoms with Crippen LogP contribution in [0.4, 0.5) is 19.0 Å². The summed E-state index contributed by atoms with van der Waals surface area (Å²) in [4.78, 5) is 29.6. The third-order valence-corrected chi connectivity index (χ3v) is 6.56. The Labute approximate surface area is 216 Å². The summed E-state index contributed by atoms with van der Waals surface area (Å²) < 4.78 is 42.5. The van der Waals surface area contributed by atoms with Gasteiger partial charge in [0.25, 0.3) is 5.91 Å². The van der Waals surface area contributed by atoms with Crippen molar-refractivity contribution in [3.8, 4) is 0 Å². The molecule has 3 N–H and O–H groups in total. The third-order valence-electron chi connectivity index (χ3n) is 6.25. The molecule has 0 atom stereocenters. The van der Waals surface area contributed by atoms with Crippen LogP contribution in [0.1, 0.15) is 48.3 Å². The number of imidazole rings is 1. The number of aromatic amines is 1. The molecular weight excluding hydrogens is 511 g/mol. The maximum absolute atomic E-state index is 13.8. The van der Waals surface area contributed by atoms with Crippen molar-refractivity contribution in [2.24, 2.45) is 7.05 Å². The van der Waals surface area contributed by atoms with Crippen molar-refractivity contribution < 1.29 is 22.8 Å². The molecule has 0 bridgehead atoms. The van der Waals surface area contributed by atoms with Gasteiger partial charge >= 0.3 is 6.18 Å². The Hall–Kier alpha value is -3.54. The summed E-state index contributed by atoms with van der Waals surface area (Å²) in [6, 6.07) is 3.18. The van der Waals surface area contributed by atoms with Gasteiger partial charge in [-0.05, 0) is 29.2 Å². The van der Waals surface area contributed by atoms with Crippen LogP contribution in [0.3, 0.4) is 0 Å². The lowest BCUT2D eigenvalue weighted by Gasteiger charge is -2.38. The summed E-state index contributed by atoms with van der Waals surface area (Å²) in [5.41, 5.74) is -0.561. The van der Waals surface area contributed by atoms with E-state index in [9.17, 15) is 22.8 Å². The molecule has 1 aliphatic heterocycles. The van der Waals surface area contributed by atoms with Gasteiger partial charge in [0.05, 0.1) is 18.1 Å². The number of likely N-dealkylation sites (tertiary alicyclic amines) is 1. The maximum atomic E-state index is 13.8. The number of carbonyl (C=O) groups excluding carboxylic acids is 2. The van der Waals surface area contributed by atoms with Crippen LogP contribution in [0, 0.1) is 0 Å². The Balaban J connectivity index is 1.57. The summed E-state index contributed by atoms with van der Waals surface area (Å²) in [7, 11) is 1.35. The van der Waals surface area contributed by atoms with E-state index < -0.39 is 29.5 Å². The lowest BCUT2D eigenvalue weighted by atomic mass is 9.86. The predicted octanol–water partition coefficient (Wildman–Crippen LogP) is 4.00. The quantitative estimate of drug-likeness (QED) is 0.412. The van der Waals surface area contributed by atoms with Gasteiger partial charge in [-0.1, -0.05) is 39.0 Å². The van der Waals surface area contributed by atoms with Crippen LogP contribution in [0.2, 0.25) is 5.02 Å². The number of H-pyrrole nitrogens is 1. The minimum absolute atomic E-state index is 0.00398. The molecule has 13 heteroatoms. The molecule has 3 aromatic rings. The van der Waals surface area contributed by atoms with Gasteiger partial charge in [0.2, 0.25) is 5.91 Å². The molecule has 1 aromatic carbocycles. The monoisotopic (exact) mass is 537 g/mol. The fourth-order valence-electron chi connectivity index (χ4n) is 4.20. The number of fused-ring (bicyclic) bond motifs is 1. The van der Waals surface area contributed by atoms with E-state index in [2.05, 4.69) is 32.4 Å². The minimum Gasteiger partial charge on any atom is -0.361 e. The van der Waals surface area contributed by atoms with Gasteiger partial charge in [-0.25, -0.2) is 4.98 Å². The van der Waals surface area contributed by atoms with Gasteiger partial charge in [-0.15, -0.1) is 0 Å². The Morgan fingerprint density at radius 2 is 1.95 bits per heavy atom. The van der Waals surface area contributed by atoms with Gasteiger partial charge in [-0.3, -0.25) is 14.7 Å². The van der Waals surface area contributed by atoms with Gasteiger partial charge in [0.1, 0.15) is 11.5 Å². The summed E-state index contributed by atoms with van der Waals surface area (Å²) >= 11 is 6.42. The van der Waals surface area contributed by atoms with E-state index >= 15 is 0 Å². The van der Waals surface area contributed by atoms with E-state index in [1.54, 1.807) is 6.07 Å². The molecule has 1 aliphatic rings. The van der Waals surface area contributed by atoms with Gasteiger partial charge in [-0.2, -0.15) is 18.3 Å². The summed E-state index contributed by atoms with van der Waals surface area (Å²) in [6.07, 6.45) is -3.70. The molecule has 9 nitrogen and oxygen atoms in total. The molecule has 37 heavy (non-hydrogen) atoms. The van der Waals surface area contributed by atoms with Gasteiger partial charge in [0, 0.05) is 30.5 Å². The second-order valence-electron chi connectivity index (χ2n) is 9.95. The number of alkyl halides is 3. The van der Waals surface area contributed by atoms with Crippen LogP contribution in [0.15, 0.2) is 24.8 Å². The van der Waals surface area contributed by atoms with Crippen LogP contribution >= 0.6 is 11.6 Å². The molecule has 2 amide bonds. The lowest BCUT2D eigenvalue weighted by Crippen LogP contribution is -2.60. The first kappa shape index (κ1) is 26.5. The number of rotatable bonds is 6. The topological polar surface area (TPSA) is 108 Å². The Morgan fingerprint density at radius 1 is 1.27 bits per heavy atom. The van der Waals surface area contributed by atoms with Crippen molar-refractivity contribution in [3.05, 3.63) is 52.6 Å². The highest BCUT2D eigenvalue weighted by atomic mass is 35.5. The predicted molar refractivity (Wildman–Crippen MR) is 133 cm³/mol. The number of anilines is 1. The highest BCUT2D eigenvalue weighted by Crippen LogP contribution is 2.35. The number of hydrogen-bond acceptors (Lipinski definition) is 5. The average Bonchev–Trinajstić information content (AvgIpc) is 3.32. The van der Waals surface area contributed by atoms with Crippen LogP contribution in [0.5, 0.6) is 0 Å². The van der Waals surface area contributed by atoms with Crippen molar-refractivity contribution in [2.75, 3.05) is 18.4 Å². The molecule has 0 saturated carbocycles. The summed E-state index contributed by atoms with van der Waals surface area (Å²) in [6.45, 7) is 9.71. The normalized spacial score (nSPS) is 14.5. The van der Waals surface area contributed by atoms with Crippen LogP contribution in [-0.2, 0) is 30.0 Å². The fourth-order valence-corrected chi connectivity index (χ4v) is 4.65. The molecular formula is C24H27ClF3N7O2. The second-order valence-corrected chi connectivity index (χ2v) is 10.4. The SMILES string of the molecule is C=CC(=O)N1CC(NC(=O)c2c(C(F)(F)F)nc(CNc3n[nH]c4cc(Cl)c(C(C)(C)C)cc34)n2C)C1. The van der Waals surface area contributed by atoms with E-state index in [0.717, 1.165) is 21.6 Å². The molecule has 2 aromatic heterocycles. The zero-order valence-corrected chi connectivity index (χ0v) is 21.5. The molecule has 1 fully saturated rings. The van der Waals surface area contributed by atoms with Crippen molar-refractivity contribution in [3.63, 3.8) is 0 Å². The number of nitrogens with zero attached hydrogens (tertiary/aromatic N) is 4. The number of carbonyl (C=O) groups is 2. The zero-order valence-electron chi connectivity index (χ0n) is 20.8. The Bertz CT molecular complexity index is 1380. The standard InChI is InChI=1S/C24H27ClF3N7O2/c1-6-18(36)35-10-12(11-35)30-22(37)19-20(24(26,27)28)31-17(34(19)5)9-29-21-13-7-14(23(2,3)4)15(25)8-16(13)32-33-21/h6-8,12H,1,9-11H2,2-5H3,(H,30,37)(H2,29,32,33). The molecule has 198 valence electrons. The van der Waals surface area contributed by atoms with Gasteiger partial charge < -0.3 is 20.1 Å². The van der Waals surface area contributed by atoms with Crippen molar-refractivity contribution in [1.82, 2.24) is 30.0 Å². The number of benzene rings is 1. The van der Waals surface area contributed by atoms with Crippen molar-refractivity contribution in [2.45, 2.75) is 44.9 Å². The van der Waals surface area contributed by atoms with E-state index in [0.29, 0.717) is 16.4 Å². The van der Waals surface area contributed by atoms with Crippen molar-refractivity contribution >= 4 is 40.1 Å². The number of amides is 2. The second kappa shape index (κ2) is 9.40. The fraction of sp³-hybridized carbons (Fsp3) is 0.417. The highest BCUT2D eigenvalue weighted by Gasteiger charge is 2.42. The van der Waals surface area contributed by atoms with E-state index in [1.807, 2.05) is 26.8 Å². The first-order chi connectivity index (χ1) is 17.2. The minimum atomic E-state index is -4.84. The first-order valence-corrected chi connectivity index (χ1v) is 11.9. The Morgan fingerprint density at radius 3 is 2.54 bits per heavy atom.